The Balaban J connectivity index is 1.49. The van der Waals surface area contributed by atoms with Gasteiger partial charge in [-0.3, -0.25) is 0 Å². The molecule has 0 radical (unpaired) electrons. The minimum atomic E-state index is -4.08. The van der Waals surface area contributed by atoms with Crippen LogP contribution in [0.3, 0.4) is 0 Å². The van der Waals surface area contributed by atoms with Crippen LogP contribution in [-0.2, 0) is 19.7 Å². The van der Waals surface area contributed by atoms with Crippen LogP contribution in [0.4, 0.5) is 0 Å². The summed E-state index contributed by atoms with van der Waals surface area (Å²) in [6.07, 6.45) is 36.6. The van der Waals surface area contributed by atoms with Crippen molar-refractivity contribution in [1.82, 2.24) is 0 Å². The molecule has 6 heterocycles. The molecular formula is C64H94O4S10. The third-order valence-corrected chi connectivity index (χ3v) is 28.8. The van der Waals surface area contributed by atoms with Gasteiger partial charge in [0.25, 0.3) is 0 Å². The Morgan fingerprint density at radius 2 is 0.641 bits per heavy atom. The van der Waals surface area contributed by atoms with Gasteiger partial charge in [-0.15, -0.1) is 91.5 Å². The predicted molar refractivity (Wildman–Crippen MR) is 357 cm³/mol. The molecule has 0 atom stereocenters. The molecule has 0 aliphatic heterocycles. The van der Waals surface area contributed by atoms with Crippen molar-refractivity contribution in [3.05, 3.63) is 59.3 Å². The lowest BCUT2D eigenvalue weighted by Gasteiger charge is -2.13. The molecule has 0 aliphatic carbocycles. The molecule has 0 bridgehead atoms. The van der Waals surface area contributed by atoms with E-state index in [9.17, 15) is 0 Å². The van der Waals surface area contributed by atoms with Crippen molar-refractivity contribution in [1.29, 1.82) is 0 Å². The highest BCUT2D eigenvalue weighted by atomic mass is 32.2. The predicted octanol–water partition coefficient (Wildman–Crippen LogP) is 24.7. The van der Waals surface area contributed by atoms with E-state index in [0.717, 1.165) is 87.3 Å². The fourth-order valence-electron chi connectivity index (χ4n) is 10.2. The Morgan fingerprint density at radius 3 is 1.03 bits per heavy atom. The van der Waals surface area contributed by atoms with Gasteiger partial charge in [0, 0.05) is 39.1 Å². The molecule has 0 N–H and O–H groups in total. The van der Waals surface area contributed by atoms with Gasteiger partial charge >= 0.3 is 0 Å². The Labute approximate surface area is 507 Å². The Bertz CT molecular complexity index is 2750. The van der Waals surface area contributed by atoms with Crippen LogP contribution in [0.15, 0.2) is 78.9 Å². The summed E-state index contributed by atoms with van der Waals surface area (Å²) in [5.74, 6) is 1.82. The maximum atomic E-state index is 15.7. The quantitative estimate of drug-likeness (QED) is 0.0280. The molecule has 78 heavy (non-hydrogen) atoms. The number of thiophene rings is 6. The maximum Gasteiger partial charge on any atom is 0.181 e. The molecule has 0 aromatic carbocycles. The average molecular weight is 1250 g/mol. The molecule has 6 aromatic rings. The van der Waals surface area contributed by atoms with E-state index in [1.54, 1.807) is 45.3 Å². The molecule has 4 nitrogen and oxygen atoms in total. The Kier molecular flexibility index (Phi) is 31.4. The van der Waals surface area contributed by atoms with Gasteiger partial charge in [0.1, 0.15) is 9.79 Å². The van der Waals surface area contributed by atoms with E-state index >= 15 is 16.8 Å². The Morgan fingerprint density at radius 1 is 0.321 bits per heavy atom. The molecule has 434 valence electrons. The van der Waals surface area contributed by atoms with Crippen molar-refractivity contribution in [3.8, 4) is 48.8 Å². The zero-order valence-electron chi connectivity index (χ0n) is 47.9. The number of thioether (sulfide) groups is 2. The van der Waals surface area contributed by atoms with Crippen molar-refractivity contribution < 1.29 is 16.8 Å². The molecule has 6 aromatic heterocycles. The number of sulfone groups is 2. The van der Waals surface area contributed by atoms with Gasteiger partial charge in [-0.2, -0.15) is 0 Å². The van der Waals surface area contributed by atoms with Crippen molar-refractivity contribution in [3.63, 3.8) is 0 Å². The van der Waals surface area contributed by atoms with Gasteiger partial charge in [-0.25, -0.2) is 16.8 Å². The number of rotatable bonds is 45. The molecule has 0 fully saturated rings. The van der Waals surface area contributed by atoms with Gasteiger partial charge < -0.3 is 0 Å². The van der Waals surface area contributed by atoms with Gasteiger partial charge in [0.05, 0.1) is 31.0 Å². The topological polar surface area (TPSA) is 68.3 Å². The van der Waals surface area contributed by atoms with Crippen molar-refractivity contribution in [2.45, 2.75) is 253 Å². The molecule has 0 saturated heterocycles. The summed E-state index contributed by atoms with van der Waals surface area (Å²) in [5, 5.41) is 4.22. The molecule has 0 aliphatic rings. The molecule has 0 saturated carbocycles. The maximum absolute atomic E-state index is 15.7. The van der Waals surface area contributed by atoms with Crippen molar-refractivity contribution in [2.75, 3.05) is 23.0 Å². The van der Waals surface area contributed by atoms with Gasteiger partial charge in [0.15, 0.2) is 19.7 Å². The van der Waals surface area contributed by atoms with Crippen LogP contribution >= 0.6 is 91.5 Å². The highest BCUT2D eigenvalue weighted by molar-refractivity contribution is 8.02. The Hall–Kier alpha value is -1.20. The average Bonchev–Trinajstić information content (AvgIpc) is 4.50. The molecule has 14 heteroatoms. The second-order valence-electron chi connectivity index (χ2n) is 21.4. The lowest BCUT2D eigenvalue weighted by molar-refractivity contribution is 0.566. The third-order valence-electron chi connectivity index (χ3n) is 14.7. The first kappa shape index (κ1) is 65.9. The summed E-state index contributed by atoms with van der Waals surface area (Å²) in [6.45, 7) is 9.02. The normalized spacial score (nSPS) is 12.2. The minimum Gasteiger partial charge on any atom is -0.224 e. The first-order chi connectivity index (χ1) is 38.1. The standard InChI is InChI=1S/C64H94O4S10/c1-5-9-13-17-21-25-29-33-45-71-59-57(55-43-41-53(73-55)51-39-37-47-69-51)75-61(60(59)72-46-34-30-26-22-18-14-10-6-2)62-64(78(67,68)50-36-32-28-24-20-16-12-8-4)63(77(65,66)49-35-31-27-23-19-15-11-7-3)58(76-62)56-44-42-54(74-56)52-40-38-48-70-52/h37-44,47-48H,5-36,45-46,49-50H2,1-4H3. The zero-order chi connectivity index (χ0) is 55.3. The van der Waals surface area contributed by atoms with E-state index in [0.29, 0.717) is 22.6 Å². The molecular weight excluding hydrogens is 1150 g/mol. The van der Waals surface area contributed by atoms with E-state index in [1.807, 2.05) is 34.9 Å². The summed E-state index contributed by atoms with van der Waals surface area (Å²) in [5.41, 5.74) is 0. The number of hydrogen-bond acceptors (Lipinski definition) is 12. The lowest BCUT2D eigenvalue weighted by Crippen LogP contribution is -2.15. The van der Waals surface area contributed by atoms with E-state index in [4.69, 9.17) is 0 Å². The summed E-state index contributed by atoms with van der Waals surface area (Å²) in [4.78, 5) is 12.7. The summed E-state index contributed by atoms with van der Waals surface area (Å²) in [7, 11) is -8.14. The number of hydrogen-bond donors (Lipinski definition) is 0. The number of unbranched alkanes of at least 4 members (excludes halogenated alkanes) is 28. The van der Waals surface area contributed by atoms with Crippen LogP contribution in [0, 0.1) is 0 Å². The lowest BCUT2D eigenvalue weighted by atomic mass is 10.1. The van der Waals surface area contributed by atoms with E-state index in [-0.39, 0.29) is 21.3 Å². The zero-order valence-corrected chi connectivity index (χ0v) is 56.1. The smallest absolute Gasteiger partial charge is 0.181 e. The van der Waals surface area contributed by atoms with Crippen LogP contribution in [0.1, 0.15) is 233 Å². The van der Waals surface area contributed by atoms with Crippen LogP contribution in [0.25, 0.3) is 48.8 Å². The van der Waals surface area contributed by atoms with Gasteiger partial charge in [-0.1, -0.05) is 220 Å². The summed E-state index contributed by atoms with van der Waals surface area (Å²) >= 11 is 13.9. The summed E-state index contributed by atoms with van der Waals surface area (Å²) < 4.78 is 62.6. The SMILES string of the molecule is CCCCCCCCCCSc1c(-c2ccc(-c3cccs3)s2)sc(-c2sc(-c3ccc(-c4cccs4)s3)c(S(=O)(=O)CCCCCCCCCC)c2S(=O)(=O)CCCCCCCCCC)c1SCCCCCCCCCC. The van der Waals surface area contributed by atoms with Crippen molar-refractivity contribution in [2.24, 2.45) is 0 Å². The van der Waals surface area contributed by atoms with Crippen molar-refractivity contribution >= 4 is 111 Å². The van der Waals surface area contributed by atoms with Crippen LogP contribution in [0.2, 0.25) is 0 Å². The molecule has 6 rings (SSSR count). The highest BCUT2D eigenvalue weighted by Crippen LogP contribution is 2.59. The third kappa shape index (κ3) is 21.1. The first-order valence-electron chi connectivity index (χ1n) is 30.5. The van der Waals surface area contributed by atoms with Gasteiger partial charge in [-0.05, 0) is 84.3 Å². The van der Waals surface area contributed by atoms with Crippen LogP contribution in [-0.4, -0.2) is 39.8 Å². The fraction of sp³-hybridized carbons (Fsp3) is 0.625. The second kappa shape index (κ2) is 37.2. The van der Waals surface area contributed by atoms with E-state index < -0.39 is 19.7 Å². The second-order valence-corrected chi connectivity index (χ2v) is 33.8. The van der Waals surface area contributed by atoms with Crippen LogP contribution in [0.5, 0.6) is 0 Å². The largest absolute Gasteiger partial charge is 0.224 e. The monoisotopic (exact) mass is 1250 g/mol. The summed E-state index contributed by atoms with van der Waals surface area (Å²) in [6, 6.07) is 17.2. The molecule has 0 amide bonds. The highest BCUT2D eigenvalue weighted by Gasteiger charge is 2.39. The molecule has 0 unspecified atom stereocenters. The van der Waals surface area contributed by atoms with Crippen LogP contribution < -0.4 is 0 Å². The minimum absolute atomic E-state index is 0.0509. The van der Waals surface area contributed by atoms with Gasteiger partial charge in [0.2, 0.25) is 0 Å². The van der Waals surface area contributed by atoms with E-state index in [2.05, 4.69) is 87.0 Å². The van der Waals surface area contributed by atoms with E-state index in [1.165, 1.54) is 177 Å². The fourth-order valence-corrected chi connectivity index (χ4v) is 24.8. The molecule has 0 spiro atoms. The first-order valence-corrected chi connectivity index (χ1v) is 40.8.